The molecule has 56 heavy (non-hydrogen) atoms. The van der Waals surface area contributed by atoms with Crippen molar-refractivity contribution in [2.24, 2.45) is 0 Å². The molecule has 2 heterocycles. The van der Waals surface area contributed by atoms with E-state index in [9.17, 15) is 0 Å². The van der Waals surface area contributed by atoms with E-state index in [4.69, 9.17) is 8.83 Å². The quantitative estimate of drug-likeness (QED) is 0.153. The van der Waals surface area contributed by atoms with Crippen molar-refractivity contribution in [2.75, 3.05) is 0 Å². The Hall–Kier alpha value is -7.16. The summed E-state index contributed by atoms with van der Waals surface area (Å²) in [6, 6.07) is 64.7. The van der Waals surface area contributed by atoms with Gasteiger partial charge >= 0.3 is 0 Å². The Kier molecular flexibility index (Phi) is 8.30. The molecule has 0 spiro atoms. The molecular weight excluding hydrogens is 681 g/mol. The Labute approximate surface area is 326 Å². The van der Waals surface area contributed by atoms with Gasteiger partial charge in [0.15, 0.2) is 11.2 Å². The average Bonchev–Trinajstić information content (AvgIpc) is 3.84. The molecule has 0 bridgehead atoms. The van der Waals surface area contributed by atoms with E-state index in [1.54, 1.807) is 0 Å². The largest absolute Gasteiger partial charge is 0.452 e. The molecule has 2 aromatic heterocycles. The molecule has 0 aliphatic rings. The number of rotatable bonds is 7. The van der Waals surface area contributed by atoms with Gasteiger partial charge in [-0.25, -0.2) is 0 Å². The van der Waals surface area contributed by atoms with Crippen LogP contribution in [0.4, 0.5) is 0 Å². The molecule has 0 atom stereocenters. The van der Waals surface area contributed by atoms with Crippen LogP contribution in [0.15, 0.2) is 203 Å². The number of hydrogen-bond acceptors (Lipinski definition) is 2. The van der Waals surface area contributed by atoms with E-state index in [0.29, 0.717) is 0 Å². The highest BCUT2D eigenvalue weighted by molar-refractivity contribution is 6.19. The van der Waals surface area contributed by atoms with E-state index in [1.807, 2.05) is 0 Å². The monoisotopic (exact) mass is 718 g/mol. The molecule has 0 saturated heterocycles. The summed E-state index contributed by atoms with van der Waals surface area (Å²) < 4.78 is 13.1. The molecule has 2 nitrogen and oxygen atoms in total. The first kappa shape index (κ1) is 33.4. The molecule has 0 fully saturated rings. The van der Waals surface area contributed by atoms with Crippen LogP contribution in [0.3, 0.4) is 0 Å². The van der Waals surface area contributed by atoms with Crippen LogP contribution in [-0.4, -0.2) is 0 Å². The van der Waals surface area contributed by atoms with Crippen molar-refractivity contribution in [3.8, 4) is 44.5 Å². The fourth-order valence-corrected chi connectivity index (χ4v) is 8.04. The number of fused-ring (bicyclic) bond motifs is 7. The smallest absolute Gasteiger partial charge is 0.178 e. The Balaban J connectivity index is 0.981. The topological polar surface area (TPSA) is 26.3 Å². The van der Waals surface area contributed by atoms with E-state index in [1.165, 1.54) is 50.1 Å². The van der Waals surface area contributed by atoms with Crippen LogP contribution in [0.5, 0.6) is 0 Å². The van der Waals surface area contributed by atoms with Crippen LogP contribution < -0.4 is 0 Å². The maximum Gasteiger partial charge on any atom is 0.178 e. The van der Waals surface area contributed by atoms with Crippen LogP contribution in [0.2, 0.25) is 0 Å². The third-order valence-electron chi connectivity index (χ3n) is 11.0. The molecule has 0 amide bonds. The van der Waals surface area contributed by atoms with Gasteiger partial charge in [0.2, 0.25) is 0 Å². The first-order chi connectivity index (χ1) is 27.6. The van der Waals surface area contributed by atoms with Crippen molar-refractivity contribution < 1.29 is 8.83 Å². The summed E-state index contributed by atoms with van der Waals surface area (Å²) >= 11 is 0. The highest BCUT2D eigenvalue weighted by Gasteiger charge is 2.17. The van der Waals surface area contributed by atoms with Gasteiger partial charge in [0.25, 0.3) is 0 Å². The van der Waals surface area contributed by atoms with Gasteiger partial charge < -0.3 is 8.83 Å². The Bertz CT molecular complexity index is 3140. The van der Waals surface area contributed by atoms with Crippen molar-refractivity contribution in [1.29, 1.82) is 0 Å². The number of furan rings is 2. The van der Waals surface area contributed by atoms with Gasteiger partial charge in [0, 0.05) is 21.5 Å². The average molecular weight is 719 g/mol. The normalized spacial score (nSPS) is 12.3. The summed E-state index contributed by atoms with van der Waals surface area (Å²) in [5, 5.41) is 4.25. The lowest BCUT2D eigenvalue weighted by atomic mass is 9.95. The van der Waals surface area contributed by atoms with E-state index < -0.39 is 0 Å². The predicted molar refractivity (Wildman–Crippen MR) is 236 cm³/mol. The third-order valence-corrected chi connectivity index (χ3v) is 11.0. The highest BCUT2D eigenvalue weighted by Crippen LogP contribution is 2.41. The minimum atomic E-state index is 0.778. The van der Waals surface area contributed by atoms with E-state index in [0.717, 1.165) is 60.6 Å². The van der Waals surface area contributed by atoms with Crippen molar-refractivity contribution >= 4 is 55.0 Å². The highest BCUT2D eigenvalue weighted by atomic mass is 16.4. The van der Waals surface area contributed by atoms with Crippen LogP contribution in [0, 0.1) is 0 Å². The molecule has 0 unspecified atom stereocenters. The Morgan fingerprint density at radius 2 is 0.839 bits per heavy atom. The first-order valence-electron chi connectivity index (χ1n) is 19.2. The lowest BCUT2D eigenvalue weighted by Gasteiger charge is -2.09. The van der Waals surface area contributed by atoms with Gasteiger partial charge in [-0.05, 0) is 135 Å². The second-order valence-electron chi connectivity index (χ2n) is 14.5. The van der Waals surface area contributed by atoms with Gasteiger partial charge in [-0.15, -0.1) is 0 Å². The summed E-state index contributed by atoms with van der Waals surface area (Å²) in [5.41, 5.74) is 17.5. The van der Waals surface area contributed by atoms with Gasteiger partial charge in [0.05, 0.1) is 0 Å². The number of allylic oxidation sites excluding steroid dienone is 4. The number of hydrogen-bond donors (Lipinski definition) is 0. The van der Waals surface area contributed by atoms with Gasteiger partial charge in [-0.3, -0.25) is 0 Å². The standard InChI is InChI=1S/C54H38O2/c1-3-36(40-17-10-18-41(30-40)37-13-6-4-7-14-37)29-35(2)39-23-27-51-49(33-39)47-25-26-48-50-34-46(24-28-52(50)56-54(48)53(47)55-51)45-22-12-21-44(32-45)43-20-11-19-42(31-43)38-15-8-5-9-16-38/h3-34H,1-2H3/b35-29+,36-3+. The zero-order valence-electron chi connectivity index (χ0n) is 31.3. The van der Waals surface area contributed by atoms with Gasteiger partial charge in [-0.2, -0.15) is 0 Å². The maximum absolute atomic E-state index is 6.56. The molecule has 10 rings (SSSR count). The lowest BCUT2D eigenvalue weighted by Crippen LogP contribution is -1.86. The Morgan fingerprint density at radius 3 is 1.41 bits per heavy atom. The van der Waals surface area contributed by atoms with Crippen LogP contribution in [-0.2, 0) is 0 Å². The third kappa shape index (κ3) is 6.02. The summed E-state index contributed by atoms with van der Waals surface area (Å²) in [6.07, 6.45) is 4.46. The summed E-state index contributed by atoms with van der Waals surface area (Å²) in [5.74, 6) is 0. The second-order valence-corrected chi connectivity index (χ2v) is 14.5. The van der Waals surface area contributed by atoms with E-state index in [-0.39, 0.29) is 0 Å². The number of benzene rings is 8. The van der Waals surface area contributed by atoms with Gasteiger partial charge in [-0.1, -0.05) is 140 Å². The molecule has 8 aromatic carbocycles. The molecule has 0 aliphatic carbocycles. The van der Waals surface area contributed by atoms with Crippen LogP contribution in [0.1, 0.15) is 25.0 Å². The first-order valence-corrected chi connectivity index (χ1v) is 19.2. The maximum atomic E-state index is 6.56. The molecule has 0 aliphatic heterocycles. The lowest BCUT2D eigenvalue weighted by molar-refractivity contribution is 0.633. The van der Waals surface area contributed by atoms with Gasteiger partial charge in [0.1, 0.15) is 11.2 Å². The van der Waals surface area contributed by atoms with E-state index in [2.05, 4.69) is 208 Å². The van der Waals surface area contributed by atoms with Crippen molar-refractivity contribution in [3.63, 3.8) is 0 Å². The Morgan fingerprint density at radius 1 is 0.375 bits per heavy atom. The summed E-state index contributed by atoms with van der Waals surface area (Å²) in [6.45, 7) is 4.28. The minimum absolute atomic E-state index is 0.778. The van der Waals surface area contributed by atoms with Crippen molar-refractivity contribution in [3.05, 3.63) is 205 Å². The molecule has 266 valence electrons. The van der Waals surface area contributed by atoms with E-state index >= 15 is 0 Å². The van der Waals surface area contributed by atoms with Crippen molar-refractivity contribution in [1.82, 2.24) is 0 Å². The fraction of sp³-hybridized carbons (Fsp3) is 0.0370. The molecule has 2 heteroatoms. The van der Waals surface area contributed by atoms with Crippen LogP contribution in [0.25, 0.3) is 99.5 Å². The molecule has 10 aromatic rings. The molecular formula is C54H38O2. The van der Waals surface area contributed by atoms with Crippen molar-refractivity contribution in [2.45, 2.75) is 13.8 Å². The molecule has 0 saturated carbocycles. The van der Waals surface area contributed by atoms with Crippen LogP contribution >= 0.6 is 0 Å². The summed E-state index contributed by atoms with van der Waals surface area (Å²) in [7, 11) is 0. The predicted octanol–water partition coefficient (Wildman–Crippen LogP) is 15.7. The molecule has 0 N–H and O–H groups in total. The fourth-order valence-electron chi connectivity index (χ4n) is 8.04. The second kappa shape index (κ2) is 13.9. The zero-order chi connectivity index (χ0) is 37.6. The molecule has 0 radical (unpaired) electrons. The zero-order valence-corrected chi connectivity index (χ0v) is 31.3. The summed E-state index contributed by atoms with van der Waals surface area (Å²) in [4.78, 5) is 0. The minimum Gasteiger partial charge on any atom is -0.452 e. The SMILES string of the molecule is C/C=C(\C=C(/C)c1ccc2oc3c(ccc4c5cc(-c6cccc(-c7cccc(-c8ccccc8)c7)c6)ccc5oc43)c2c1)c1cccc(-c2ccccc2)c1.